The number of carbonyl (C=O) groups is 1. The van der Waals surface area contributed by atoms with Gasteiger partial charge in [-0.25, -0.2) is 4.79 Å². The molecule has 0 saturated heterocycles. The van der Waals surface area contributed by atoms with Gasteiger partial charge >= 0.3 is 5.97 Å². The number of ether oxygens (including phenoxy) is 5. The van der Waals surface area contributed by atoms with Crippen LogP contribution in [0.2, 0.25) is 0 Å². The van der Waals surface area contributed by atoms with E-state index in [1.54, 1.807) is 12.1 Å². The number of methoxy groups -OCH3 is 3. The van der Waals surface area contributed by atoms with Crippen LogP contribution in [0.25, 0.3) is 0 Å². The van der Waals surface area contributed by atoms with E-state index in [9.17, 15) is 4.79 Å². The van der Waals surface area contributed by atoms with Gasteiger partial charge in [0.15, 0.2) is 11.5 Å². The topological polar surface area (TPSA) is 63.2 Å². The van der Waals surface area contributed by atoms with Crippen LogP contribution in [0.5, 0.6) is 23.0 Å². The number of rotatable bonds is 8. The third-order valence-corrected chi connectivity index (χ3v) is 3.57. The zero-order chi connectivity index (χ0) is 18.2. The first-order chi connectivity index (χ1) is 12.1. The maximum atomic E-state index is 12.2. The number of benzene rings is 2. The SMILES string of the molecule is COc1cc(C(=O)OCCOc2ccccc2C)cc(OC)c1OC. The largest absolute Gasteiger partial charge is 0.493 e. The molecule has 0 fully saturated rings. The summed E-state index contributed by atoms with van der Waals surface area (Å²) in [6, 6.07) is 10.8. The van der Waals surface area contributed by atoms with Gasteiger partial charge in [0.1, 0.15) is 19.0 Å². The molecule has 0 saturated carbocycles. The fourth-order valence-electron chi connectivity index (χ4n) is 2.29. The maximum Gasteiger partial charge on any atom is 0.338 e. The normalized spacial score (nSPS) is 10.1. The van der Waals surface area contributed by atoms with Gasteiger partial charge in [-0.15, -0.1) is 0 Å². The quantitative estimate of drug-likeness (QED) is 0.540. The number of hydrogen-bond donors (Lipinski definition) is 0. The van der Waals surface area contributed by atoms with Crippen LogP contribution in [-0.4, -0.2) is 40.5 Å². The number of carbonyl (C=O) groups excluding carboxylic acids is 1. The summed E-state index contributed by atoms with van der Waals surface area (Å²) in [5.74, 6) is 1.48. The van der Waals surface area contributed by atoms with Crippen LogP contribution in [0.3, 0.4) is 0 Å². The van der Waals surface area contributed by atoms with Gasteiger partial charge in [-0.2, -0.15) is 0 Å². The van der Waals surface area contributed by atoms with Crippen LogP contribution in [-0.2, 0) is 4.74 Å². The summed E-state index contributed by atoms with van der Waals surface area (Å²) in [7, 11) is 4.48. The molecule has 0 bridgehead atoms. The summed E-state index contributed by atoms with van der Waals surface area (Å²) >= 11 is 0. The highest BCUT2D eigenvalue weighted by molar-refractivity contribution is 5.91. The van der Waals surface area contributed by atoms with Crippen LogP contribution < -0.4 is 18.9 Å². The van der Waals surface area contributed by atoms with Crippen molar-refractivity contribution in [1.29, 1.82) is 0 Å². The number of para-hydroxylation sites is 1. The van der Waals surface area contributed by atoms with E-state index in [-0.39, 0.29) is 13.2 Å². The lowest BCUT2D eigenvalue weighted by Gasteiger charge is -2.14. The summed E-state index contributed by atoms with van der Waals surface area (Å²) in [4.78, 5) is 12.2. The van der Waals surface area contributed by atoms with Crippen LogP contribution in [0.4, 0.5) is 0 Å². The van der Waals surface area contributed by atoms with Crippen molar-refractivity contribution in [3.63, 3.8) is 0 Å². The van der Waals surface area contributed by atoms with Crippen LogP contribution in [0.1, 0.15) is 15.9 Å². The monoisotopic (exact) mass is 346 g/mol. The van der Waals surface area contributed by atoms with Crippen LogP contribution >= 0.6 is 0 Å². The summed E-state index contributed by atoms with van der Waals surface area (Å²) < 4.78 is 26.5. The van der Waals surface area contributed by atoms with E-state index in [1.807, 2.05) is 31.2 Å². The molecule has 2 aromatic carbocycles. The fraction of sp³-hybridized carbons (Fsp3) is 0.316. The molecule has 0 N–H and O–H groups in total. The van der Waals surface area contributed by atoms with Gasteiger partial charge in [0, 0.05) is 0 Å². The van der Waals surface area contributed by atoms with Crippen molar-refractivity contribution in [3.8, 4) is 23.0 Å². The Morgan fingerprint density at radius 2 is 1.52 bits per heavy atom. The predicted molar refractivity (Wildman–Crippen MR) is 93.1 cm³/mol. The Morgan fingerprint density at radius 1 is 0.880 bits per heavy atom. The van der Waals surface area contributed by atoms with Gasteiger partial charge in [0.25, 0.3) is 0 Å². The first-order valence-corrected chi connectivity index (χ1v) is 7.76. The van der Waals surface area contributed by atoms with Crippen LogP contribution in [0, 0.1) is 6.92 Å². The van der Waals surface area contributed by atoms with E-state index in [4.69, 9.17) is 23.7 Å². The molecule has 0 atom stereocenters. The van der Waals surface area contributed by atoms with E-state index in [1.165, 1.54) is 21.3 Å². The molecule has 0 aliphatic heterocycles. The summed E-state index contributed by atoms with van der Waals surface area (Å²) in [6.45, 7) is 2.35. The van der Waals surface area contributed by atoms with Crippen molar-refractivity contribution >= 4 is 5.97 Å². The summed E-state index contributed by atoms with van der Waals surface area (Å²) in [5, 5.41) is 0. The molecule has 0 aromatic heterocycles. The highest BCUT2D eigenvalue weighted by Gasteiger charge is 2.17. The molecular weight excluding hydrogens is 324 g/mol. The number of esters is 1. The molecule has 6 nitrogen and oxygen atoms in total. The Kier molecular flexibility index (Phi) is 6.51. The highest BCUT2D eigenvalue weighted by atomic mass is 16.6. The van der Waals surface area contributed by atoms with E-state index in [2.05, 4.69) is 0 Å². The highest BCUT2D eigenvalue weighted by Crippen LogP contribution is 2.38. The predicted octanol–water partition coefficient (Wildman–Crippen LogP) is 3.26. The van der Waals surface area contributed by atoms with Gasteiger partial charge in [-0.1, -0.05) is 18.2 Å². The average Bonchev–Trinajstić information content (AvgIpc) is 2.64. The van der Waals surface area contributed by atoms with Crippen molar-refractivity contribution < 1.29 is 28.5 Å². The molecule has 25 heavy (non-hydrogen) atoms. The number of aryl methyl sites for hydroxylation is 1. The third-order valence-electron chi connectivity index (χ3n) is 3.57. The minimum absolute atomic E-state index is 0.129. The summed E-state index contributed by atoms with van der Waals surface area (Å²) in [5.41, 5.74) is 1.34. The Balaban J connectivity index is 1.97. The van der Waals surface area contributed by atoms with E-state index in [0.29, 0.717) is 22.8 Å². The second kappa shape index (κ2) is 8.82. The fourth-order valence-corrected chi connectivity index (χ4v) is 2.29. The Bertz CT molecular complexity index is 701. The molecule has 0 aliphatic carbocycles. The second-order valence-corrected chi connectivity index (χ2v) is 5.16. The van der Waals surface area contributed by atoms with Crippen molar-refractivity contribution in [2.24, 2.45) is 0 Å². The maximum absolute atomic E-state index is 12.2. The van der Waals surface area contributed by atoms with Crippen molar-refractivity contribution in [2.45, 2.75) is 6.92 Å². The zero-order valence-corrected chi connectivity index (χ0v) is 14.8. The second-order valence-electron chi connectivity index (χ2n) is 5.16. The first-order valence-electron chi connectivity index (χ1n) is 7.76. The first kappa shape index (κ1) is 18.4. The Morgan fingerprint density at radius 3 is 2.08 bits per heavy atom. The van der Waals surface area contributed by atoms with E-state index < -0.39 is 5.97 Å². The molecule has 0 spiro atoms. The molecule has 0 heterocycles. The molecule has 6 heteroatoms. The molecule has 134 valence electrons. The van der Waals surface area contributed by atoms with E-state index >= 15 is 0 Å². The average molecular weight is 346 g/mol. The Labute approximate surface area is 147 Å². The third kappa shape index (κ3) is 4.56. The van der Waals surface area contributed by atoms with Crippen molar-refractivity contribution in [1.82, 2.24) is 0 Å². The molecule has 0 radical (unpaired) electrons. The Hall–Kier alpha value is -2.89. The van der Waals surface area contributed by atoms with Crippen LogP contribution in [0.15, 0.2) is 36.4 Å². The molecule has 0 unspecified atom stereocenters. The van der Waals surface area contributed by atoms with Gasteiger partial charge in [0.2, 0.25) is 5.75 Å². The lowest BCUT2D eigenvalue weighted by Crippen LogP contribution is -2.13. The number of hydrogen-bond acceptors (Lipinski definition) is 6. The molecule has 0 aliphatic rings. The van der Waals surface area contributed by atoms with Gasteiger partial charge < -0.3 is 23.7 Å². The molecule has 0 amide bonds. The standard InChI is InChI=1S/C19H22O6/c1-13-7-5-6-8-15(13)24-9-10-25-19(20)14-11-16(21-2)18(23-4)17(12-14)22-3/h5-8,11-12H,9-10H2,1-4H3. The molecule has 2 rings (SSSR count). The van der Waals surface area contributed by atoms with E-state index in [0.717, 1.165) is 11.3 Å². The lowest BCUT2D eigenvalue weighted by atomic mass is 10.2. The summed E-state index contributed by atoms with van der Waals surface area (Å²) in [6.07, 6.45) is 0. The van der Waals surface area contributed by atoms with Gasteiger partial charge in [-0.05, 0) is 30.7 Å². The molecule has 2 aromatic rings. The lowest BCUT2D eigenvalue weighted by molar-refractivity contribution is 0.0449. The van der Waals surface area contributed by atoms with Crippen molar-refractivity contribution in [2.75, 3.05) is 34.5 Å². The van der Waals surface area contributed by atoms with Crippen molar-refractivity contribution in [3.05, 3.63) is 47.5 Å². The minimum Gasteiger partial charge on any atom is -0.493 e. The van der Waals surface area contributed by atoms with Gasteiger partial charge in [-0.3, -0.25) is 0 Å². The minimum atomic E-state index is -0.493. The molecular formula is C19H22O6. The zero-order valence-electron chi connectivity index (χ0n) is 14.8. The van der Waals surface area contributed by atoms with Gasteiger partial charge in [0.05, 0.1) is 26.9 Å². The smallest absolute Gasteiger partial charge is 0.338 e.